The highest BCUT2D eigenvalue weighted by Crippen LogP contribution is 2.32. The van der Waals surface area contributed by atoms with Gasteiger partial charge in [0.15, 0.2) is 0 Å². The van der Waals surface area contributed by atoms with Gasteiger partial charge >= 0.3 is 0 Å². The van der Waals surface area contributed by atoms with Gasteiger partial charge in [0, 0.05) is 12.4 Å². The van der Waals surface area contributed by atoms with E-state index >= 15 is 0 Å². The van der Waals surface area contributed by atoms with E-state index in [1.165, 1.54) is 0 Å². The SMILES string of the molecule is CC(C)(C)C[C@H](NC(=O)C1(N)CCCC1)c1cccnc1. The molecule has 1 heterocycles. The first-order valence-electron chi connectivity index (χ1n) is 7.80. The number of nitrogens with two attached hydrogens (primary N) is 1. The van der Waals surface area contributed by atoms with Crippen molar-refractivity contribution < 1.29 is 4.79 Å². The molecule has 1 aliphatic rings. The number of hydrogen-bond donors (Lipinski definition) is 2. The van der Waals surface area contributed by atoms with Gasteiger partial charge in [-0.2, -0.15) is 0 Å². The van der Waals surface area contributed by atoms with Crippen LogP contribution >= 0.6 is 0 Å². The maximum Gasteiger partial charge on any atom is 0.240 e. The Labute approximate surface area is 127 Å². The van der Waals surface area contributed by atoms with E-state index in [2.05, 4.69) is 31.1 Å². The molecule has 1 aromatic rings. The van der Waals surface area contributed by atoms with E-state index in [4.69, 9.17) is 5.73 Å². The molecule has 0 aliphatic heterocycles. The molecule has 3 N–H and O–H groups in total. The van der Waals surface area contributed by atoms with Gasteiger partial charge in [-0.1, -0.05) is 39.7 Å². The Hall–Kier alpha value is -1.42. The highest BCUT2D eigenvalue weighted by atomic mass is 16.2. The summed E-state index contributed by atoms with van der Waals surface area (Å²) >= 11 is 0. The average molecular weight is 289 g/mol. The molecule has 1 amide bonds. The minimum absolute atomic E-state index is 0.0156. The van der Waals surface area contributed by atoms with Crippen LogP contribution in [0.3, 0.4) is 0 Å². The minimum Gasteiger partial charge on any atom is -0.348 e. The van der Waals surface area contributed by atoms with Crippen LogP contribution in [-0.2, 0) is 4.79 Å². The standard InChI is InChI=1S/C17H27N3O/c1-16(2,3)11-14(13-7-6-10-19-12-13)20-15(21)17(18)8-4-5-9-17/h6-7,10,12,14H,4-5,8-9,11,18H2,1-3H3,(H,20,21)/t14-/m0/s1. The van der Waals surface area contributed by atoms with Crippen LogP contribution < -0.4 is 11.1 Å². The predicted octanol–water partition coefficient (Wildman–Crippen LogP) is 2.95. The largest absolute Gasteiger partial charge is 0.348 e. The number of carbonyl (C=O) groups excluding carboxylic acids is 1. The molecule has 4 heteroatoms. The van der Waals surface area contributed by atoms with Gasteiger partial charge in [0.05, 0.1) is 11.6 Å². The first-order valence-corrected chi connectivity index (χ1v) is 7.80. The second-order valence-corrected chi connectivity index (χ2v) is 7.44. The molecule has 21 heavy (non-hydrogen) atoms. The molecular weight excluding hydrogens is 262 g/mol. The molecule has 0 unspecified atom stereocenters. The van der Waals surface area contributed by atoms with Crippen LogP contribution in [0.25, 0.3) is 0 Å². The molecule has 1 atom stereocenters. The summed E-state index contributed by atoms with van der Waals surface area (Å²) in [6, 6.07) is 3.89. The van der Waals surface area contributed by atoms with Gasteiger partial charge in [-0.15, -0.1) is 0 Å². The van der Waals surface area contributed by atoms with Crippen molar-refractivity contribution in [2.24, 2.45) is 11.1 Å². The fraction of sp³-hybridized carbons (Fsp3) is 0.647. The quantitative estimate of drug-likeness (QED) is 0.895. The van der Waals surface area contributed by atoms with E-state index in [-0.39, 0.29) is 17.4 Å². The summed E-state index contributed by atoms with van der Waals surface area (Å²) in [7, 11) is 0. The zero-order valence-corrected chi connectivity index (χ0v) is 13.4. The number of amides is 1. The van der Waals surface area contributed by atoms with Crippen LogP contribution in [0.5, 0.6) is 0 Å². The van der Waals surface area contributed by atoms with Crippen molar-refractivity contribution in [1.29, 1.82) is 0 Å². The zero-order valence-electron chi connectivity index (χ0n) is 13.4. The monoisotopic (exact) mass is 289 g/mol. The highest BCUT2D eigenvalue weighted by molar-refractivity contribution is 5.86. The van der Waals surface area contributed by atoms with E-state index < -0.39 is 5.54 Å². The lowest BCUT2D eigenvalue weighted by Crippen LogP contribution is -2.53. The van der Waals surface area contributed by atoms with Gasteiger partial charge in [0.1, 0.15) is 0 Å². The van der Waals surface area contributed by atoms with Crippen molar-refractivity contribution in [3.8, 4) is 0 Å². The number of pyridine rings is 1. The topological polar surface area (TPSA) is 68.0 Å². The third kappa shape index (κ3) is 4.27. The molecule has 2 rings (SSSR count). The lowest BCUT2D eigenvalue weighted by Gasteiger charge is -2.30. The van der Waals surface area contributed by atoms with Crippen LogP contribution in [0.15, 0.2) is 24.5 Å². The fourth-order valence-corrected chi connectivity index (χ4v) is 2.98. The number of carbonyl (C=O) groups is 1. The molecule has 1 aromatic heterocycles. The third-order valence-corrected chi connectivity index (χ3v) is 4.16. The minimum atomic E-state index is -0.682. The summed E-state index contributed by atoms with van der Waals surface area (Å²) in [5.41, 5.74) is 6.74. The van der Waals surface area contributed by atoms with E-state index in [1.807, 2.05) is 18.3 Å². The van der Waals surface area contributed by atoms with Crippen LogP contribution in [0.1, 0.15) is 64.5 Å². The summed E-state index contributed by atoms with van der Waals surface area (Å²) in [5.74, 6) is -0.0156. The number of hydrogen-bond acceptors (Lipinski definition) is 3. The Kier molecular flexibility index (Phi) is 4.67. The Morgan fingerprint density at radius 1 is 1.43 bits per heavy atom. The van der Waals surface area contributed by atoms with Gasteiger partial charge in [0.25, 0.3) is 0 Å². The second kappa shape index (κ2) is 6.14. The van der Waals surface area contributed by atoms with Gasteiger partial charge in [-0.05, 0) is 36.3 Å². The number of nitrogens with zero attached hydrogens (tertiary/aromatic N) is 1. The molecule has 0 aromatic carbocycles. The summed E-state index contributed by atoms with van der Waals surface area (Å²) < 4.78 is 0. The maximum absolute atomic E-state index is 12.6. The molecule has 0 bridgehead atoms. The van der Waals surface area contributed by atoms with Gasteiger partial charge in [-0.3, -0.25) is 9.78 Å². The van der Waals surface area contributed by atoms with Gasteiger partial charge in [-0.25, -0.2) is 0 Å². The summed E-state index contributed by atoms with van der Waals surface area (Å²) in [4.78, 5) is 16.8. The van der Waals surface area contributed by atoms with E-state index in [0.717, 1.165) is 37.7 Å². The Bertz CT molecular complexity index is 473. The third-order valence-electron chi connectivity index (χ3n) is 4.16. The number of nitrogens with one attached hydrogen (secondary N) is 1. The molecule has 4 nitrogen and oxygen atoms in total. The molecule has 1 aliphatic carbocycles. The smallest absolute Gasteiger partial charge is 0.240 e. The first kappa shape index (κ1) is 16.0. The van der Waals surface area contributed by atoms with Crippen molar-refractivity contribution in [3.05, 3.63) is 30.1 Å². The van der Waals surface area contributed by atoms with Crippen molar-refractivity contribution in [3.63, 3.8) is 0 Å². The van der Waals surface area contributed by atoms with Crippen molar-refractivity contribution >= 4 is 5.91 Å². The van der Waals surface area contributed by atoms with Gasteiger partial charge in [0.2, 0.25) is 5.91 Å². The van der Waals surface area contributed by atoms with Crippen LogP contribution in [0, 0.1) is 5.41 Å². The van der Waals surface area contributed by atoms with E-state index in [1.54, 1.807) is 6.20 Å². The average Bonchev–Trinajstić information content (AvgIpc) is 2.86. The van der Waals surface area contributed by atoms with E-state index in [9.17, 15) is 4.79 Å². The predicted molar refractivity (Wildman–Crippen MR) is 84.6 cm³/mol. The number of rotatable bonds is 4. The summed E-state index contributed by atoms with van der Waals surface area (Å²) in [6.07, 6.45) is 8.10. The Balaban J connectivity index is 2.14. The first-order chi connectivity index (χ1) is 9.80. The van der Waals surface area contributed by atoms with Gasteiger partial charge < -0.3 is 11.1 Å². The Morgan fingerprint density at radius 3 is 2.62 bits per heavy atom. The lowest BCUT2D eigenvalue weighted by atomic mass is 9.85. The molecule has 0 saturated heterocycles. The second-order valence-electron chi connectivity index (χ2n) is 7.44. The normalized spacial score (nSPS) is 19.2. The summed E-state index contributed by atoms with van der Waals surface area (Å²) in [5, 5.41) is 3.17. The van der Waals surface area contributed by atoms with Crippen molar-refractivity contribution in [2.75, 3.05) is 0 Å². The van der Waals surface area contributed by atoms with Crippen molar-refractivity contribution in [2.45, 2.75) is 64.5 Å². The maximum atomic E-state index is 12.6. The molecule has 1 fully saturated rings. The Morgan fingerprint density at radius 2 is 2.10 bits per heavy atom. The fourth-order valence-electron chi connectivity index (χ4n) is 2.98. The summed E-state index contributed by atoms with van der Waals surface area (Å²) in [6.45, 7) is 6.53. The zero-order chi connectivity index (χ0) is 15.5. The molecule has 0 spiro atoms. The molecule has 0 radical (unpaired) electrons. The van der Waals surface area contributed by atoms with Crippen LogP contribution in [-0.4, -0.2) is 16.4 Å². The van der Waals surface area contributed by atoms with Crippen LogP contribution in [0.4, 0.5) is 0 Å². The van der Waals surface area contributed by atoms with Crippen molar-refractivity contribution in [1.82, 2.24) is 10.3 Å². The number of aromatic nitrogens is 1. The van der Waals surface area contributed by atoms with Crippen LogP contribution in [0.2, 0.25) is 0 Å². The molecule has 116 valence electrons. The lowest BCUT2D eigenvalue weighted by molar-refractivity contribution is -0.127. The molecule has 1 saturated carbocycles. The van der Waals surface area contributed by atoms with E-state index in [0.29, 0.717) is 0 Å². The molecular formula is C17H27N3O. The highest BCUT2D eigenvalue weighted by Gasteiger charge is 2.38.